The van der Waals surface area contributed by atoms with E-state index in [0.717, 1.165) is 23.7 Å². The van der Waals surface area contributed by atoms with Gasteiger partial charge < -0.3 is 20.4 Å². The average molecular weight is 459 g/mol. The fourth-order valence-corrected chi connectivity index (χ4v) is 3.94. The standard InChI is InChI=1S/C26H30N6O2/c1-31(2)15-6-10-24(33)28-21-13-11-19(12-14-21)25(34)32-16-5-8-22(18-32)29-26-27-17-20-7-3-4-9-23(20)30-26/h3-4,6-7,9-14,17,22H,5,8,15-16,18H2,1-2H3,(H,28,33)(H,27,29,30)/b10-6+/t22-/m0/s1. The number of amides is 2. The molecule has 1 fully saturated rings. The molecule has 3 aromatic rings. The van der Waals surface area contributed by atoms with Gasteiger partial charge in [-0.25, -0.2) is 9.97 Å². The van der Waals surface area contributed by atoms with E-state index < -0.39 is 0 Å². The van der Waals surface area contributed by atoms with E-state index in [1.165, 1.54) is 6.08 Å². The molecule has 4 rings (SSSR count). The first-order valence-corrected chi connectivity index (χ1v) is 11.5. The van der Waals surface area contributed by atoms with E-state index in [2.05, 4.69) is 20.6 Å². The lowest BCUT2D eigenvalue weighted by molar-refractivity contribution is -0.111. The minimum atomic E-state index is -0.193. The third-order valence-electron chi connectivity index (χ3n) is 5.67. The first-order chi connectivity index (χ1) is 16.5. The SMILES string of the molecule is CN(C)C/C=C/C(=O)Nc1ccc(C(=O)N2CCC[C@H](Nc3ncc4ccccc4n3)C2)cc1. The third kappa shape index (κ3) is 6.17. The van der Waals surface area contributed by atoms with E-state index in [-0.39, 0.29) is 17.9 Å². The van der Waals surface area contributed by atoms with Gasteiger partial charge in [-0.2, -0.15) is 0 Å². The van der Waals surface area contributed by atoms with Gasteiger partial charge in [-0.3, -0.25) is 9.59 Å². The Hall–Kier alpha value is -3.78. The minimum Gasteiger partial charge on any atom is -0.350 e. The van der Waals surface area contributed by atoms with E-state index in [0.29, 0.717) is 36.8 Å². The first-order valence-electron chi connectivity index (χ1n) is 11.5. The van der Waals surface area contributed by atoms with Crippen molar-refractivity contribution in [2.75, 3.05) is 44.4 Å². The zero-order valence-corrected chi connectivity index (χ0v) is 19.6. The van der Waals surface area contributed by atoms with Gasteiger partial charge in [-0.1, -0.05) is 24.3 Å². The summed E-state index contributed by atoms with van der Waals surface area (Å²) >= 11 is 0. The summed E-state index contributed by atoms with van der Waals surface area (Å²) in [6, 6.07) is 15.0. The molecule has 1 saturated heterocycles. The van der Waals surface area contributed by atoms with Crippen molar-refractivity contribution in [1.82, 2.24) is 19.8 Å². The minimum absolute atomic E-state index is 0.0188. The molecule has 8 heteroatoms. The molecular weight excluding hydrogens is 428 g/mol. The Balaban J connectivity index is 1.34. The Bertz CT molecular complexity index is 1180. The molecule has 0 saturated carbocycles. The summed E-state index contributed by atoms with van der Waals surface area (Å²) in [6.45, 7) is 1.99. The Labute approximate surface area is 199 Å². The molecule has 34 heavy (non-hydrogen) atoms. The zero-order chi connectivity index (χ0) is 23.9. The van der Waals surface area contributed by atoms with Gasteiger partial charge in [0.25, 0.3) is 5.91 Å². The largest absolute Gasteiger partial charge is 0.350 e. The van der Waals surface area contributed by atoms with Crippen LogP contribution in [-0.2, 0) is 4.79 Å². The van der Waals surface area contributed by atoms with Crippen molar-refractivity contribution in [2.45, 2.75) is 18.9 Å². The van der Waals surface area contributed by atoms with Crippen LogP contribution in [0, 0.1) is 0 Å². The molecule has 2 heterocycles. The van der Waals surface area contributed by atoms with Gasteiger partial charge in [0.05, 0.1) is 5.52 Å². The maximum atomic E-state index is 13.1. The molecule has 1 aliphatic rings. The van der Waals surface area contributed by atoms with Gasteiger partial charge in [0.15, 0.2) is 0 Å². The molecule has 0 bridgehead atoms. The summed E-state index contributed by atoms with van der Waals surface area (Å²) < 4.78 is 0. The number of benzene rings is 2. The Morgan fingerprint density at radius 1 is 1.15 bits per heavy atom. The highest BCUT2D eigenvalue weighted by atomic mass is 16.2. The van der Waals surface area contributed by atoms with Gasteiger partial charge in [0.1, 0.15) is 0 Å². The highest BCUT2D eigenvalue weighted by Gasteiger charge is 2.25. The monoisotopic (exact) mass is 458 g/mol. The topological polar surface area (TPSA) is 90.5 Å². The van der Waals surface area contributed by atoms with Crippen LogP contribution in [0.4, 0.5) is 11.6 Å². The summed E-state index contributed by atoms with van der Waals surface area (Å²) in [6.07, 6.45) is 6.99. The number of fused-ring (bicyclic) bond motifs is 1. The summed E-state index contributed by atoms with van der Waals surface area (Å²) in [5.74, 6) is 0.370. The van der Waals surface area contributed by atoms with Crippen LogP contribution in [0.3, 0.4) is 0 Å². The van der Waals surface area contributed by atoms with E-state index in [1.54, 1.807) is 30.3 Å². The normalized spacial score (nSPS) is 16.2. The van der Waals surface area contributed by atoms with Gasteiger partial charge in [-0.15, -0.1) is 0 Å². The number of hydrogen-bond donors (Lipinski definition) is 2. The smallest absolute Gasteiger partial charge is 0.253 e. The molecule has 2 aromatic carbocycles. The fourth-order valence-electron chi connectivity index (χ4n) is 3.94. The van der Waals surface area contributed by atoms with Crippen LogP contribution in [-0.4, -0.2) is 71.4 Å². The number of para-hydroxylation sites is 1. The highest BCUT2D eigenvalue weighted by Crippen LogP contribution is 2.19. The van der Waals surface area contributed by atoms with Crippen molar-refractivity contribution in [3.8, 4) is 0 Å². The van der Waals surface area contributed by atoms with Crippen LogP contribution in [0.1, 0.15) is 23.2 Å². The highest BCUT2D eigenvalue weighted by molar-refractivity contribution is 6.00. The van der Waals surface area contributed by atoms with Crippen LogP contribution in [0.2, 0.25) is 0 Å². The molecule has 0 radical (unpaired) electrons. The molecule has 2 amide bonds. The quantitative estimate of drug-likeness (QED) is 0.528. The average Bonchev–Trinajstić information content (AvgIpc) is 2.84. The predicted octanol–water partition coefficient (Wildman–Crippen LogP) is 3.40. The van der Waals surface area contributed by atoms with Gasteiger partial charge in [0, 0.05) is 54.6 Å². The molecule has 0 unspecified atom stereocenters. The lowest BCUT2D eigenvalue weighted by atomic mass is 10.0. The van der Waals surface area contributed by atoms with E-state index >= 15 is 0 Å². The van der Waals surface area contributed by atoms with Crippen LogP contribution in [0.5, 0.6) is 0 Å². The van der Waals surface area contributed by atoms with E-state index in [1.807, 2.05) is 54.4 Å². The Kier molecular flexibility index (Phi) is 7.49. The number of piperidine rings is 1. The Morgan fingerprint density at radius 2 is 1.94 bits per heavy atom. The summed E-state index contributed by atoms with van der Waals surface area (Å²) in [5.41, 5.74) is 2.15. The number of rotatable bonds is 7. The van der Waals surface area contributed by atoms with Crippen LogP contribution in [0.15, 0.2) is 66.9 Å². The van der Waals surface area contributed by atoms with Gasteiger partial charge in [0.2, 0.25) is 11.9 Å². The second-order valence-electron chi connectivity index (χ2n) is 8.72. The number of aromatic nitrogens is 2. The number of anilines is 2. The Morgan fingerprint density at radius 3 is 2.74 bits per heavy atom. The lowest BCUT2D eigenvalue weighted by Crippen LogP contribution is -2.45. The molecule has 1 aliphatic heterocycles. The number of carbonyl (C=O) groups is 2. The number of nitrogens with zero attached hydrogens (tertiary/aromatic N) is 4. The molecule has 0 aliphatic carbocycles. The first kappa shape index (κ1) is 23.4. The number of hydrogen-bond acceptors (Lipinski definition) is 6. The van der Waals surface area contributed by atoms with Gasteiger partial charge in [-0.05, 0) is 57.3 Å². The number of likely N-dealkylation sites (N-methyl/N-ethyl adjacent to an activating group) is 1. The van der Waals surface area contributed by atoms with Crippen molar-refractivity contribution < 1.29 is 9.59 Å². The van der Waals surface area contributed by atoms with Crippen molar-refractivity contribution in [2.24, 2.45) is 0 Å². The molecule has 8 nitrogen and oxygen atoms in total. The number of nitrogens with one attached hydrogen (secondary N) is 2. The molecule has 2 N–H and O–H groups in total. The van der Waals surface area contributed by atoms with Gasteiger partial charge >= 0.3 is 0 Å². The van der Waals surface area contributed by atoms with Crippen LogP contribution >= 0.6 is 0 Å². The van der Waals surface area contributed by atoms with Crippen molar-refractivity contribution >= 4 is 34.4 Å². The summed E-state index contributed by atoms with van der Waals surface area (Å²) in [4.78, 5) is 37.9. The summed E-state index contributed by atoms with van der Waals surface area (Å²) in [5, 5.41) is 7.20. The second kappa shape index (κ2) is 10.9. The maximum Gasteiger partial charge on any atom is 0.253 e. The number of likely N-dealkylation sites (tertiary alicyclic amines) is 1. The maximum absolute atomic E-state index is 13.1. The zero-order valence-electron chi connectivity index (χ0n) is 19.6. The molecule has 176 valence electrons. The third-order valence-corrected chi connectivity index (χ3v) is 5.67. The fraction of sp³-hybridized carbons (Fsp3) is 0.308. The molecular formula is C26H30N6O2. The summed E-state index contributed by atoms with van der Waals surface area (Å²) in [7, 11) is 3.88. The molecule has 1 atom stereocenters. The van der Waals surface area contributed by atoms with Crippen molar-refractivity contribution in [1.29, 1.82) is 0 Å². The number of carbonyl (C=O) groups excluding carboxylic acids is 2. The lowest BCUT2D eigenvalue weighted by Gasteiger charge is -2.33. The van der Waals surface area contributed by atoms with Crippen molar-refractivity contribution in [3.05, 3.63) is 72.4 Å². The predicted molar refractivity (Wildman–Crippen MR) is 135 cm³/mol. The molecule has 1 aromatic heterocycles. The second-order valence-corrected chi connectivity index (χ2v) is 8.72. The molecule has 0 spiro atoms. The van der Waals surface area contributed by atoms with Crippen LogP contribution in [0.25, 0.3) is 10.9 Å². The van der Waals surface area contributed by atoms with Crippen molar-refractivity contribution in [3.63, 3.8) is 0 Å². The van der Waals surface area contributed by atoms with Crippen LogP contribution < -0.4 is 10.6 Å². The van der Waals surface area contributed by atoms with E-state index in [4.69, 9.17) is 0 Å². The van der Waals surface area contributed by atoms with E-state index in [9.17, 15) is 9.59 Å².